The van der Waals surface area contributed by atoms with Gasteiger partial charge in [0.1, 0.15) is 11.9 Å². The van der Waals surface area contributed by atoms with Crippen molar-refractivity contribution in [3.8, 4) is 11.5 Å². The lowest BCUT2D eigenvalue weighted by Crippen LogP contribution is -2.52. The minimum atomic E-state index is -1.37. The lowest BCUT2D eigenvalue weighted by Gasteiger charge is -2.33. The number of nitrogens with zero attached hydrogens (tertiary/aromatic N) is 3. The van der Waals surface area contributed by atoms with E-state index in [0.717, 1.165) is 74.2 Å². The molecule has 3 aromatic rings. The number of halogens is 1. The number of carbonyl (C=O) groups excluding carboxylic acids is 6. The number of rotatable bonds is 18. The number of hydrogen-bond donors (Lipinski definition) is 2. The SMILES string of the molecule is CCOc1cc(C(CS(C)=O)N2C(=O)c3cccc(NC(=O)CCCCCCCN4CCC(c5cc(F)cc6c5CN(C5CCC(=O)NC5=O)C6=O)CC4)c3C2=O)ccc1OC. The lowest BCUT2D eigenvalue weighted by molar-refractivity contribution is -0.137. The second-order valence-electron chi connectivity index (χ2n) is 16.4. The highest BCUT2D eigenvalue weighted by Gasteiger charge is 2.44. The van der Waals surface area contributed by atoms with Crippen molar-refractivity contribution in [2.75, 3.05) is 50.7 Å². The normalized spacial score (nSPS) is 19.0. The summed E-state index contributed by atoms with van der Waals surface area (Å²) in [6.45, 7) is 5.07. The van der Waals surface area contributed by atoms with Gasteiger partial charge in [-0.3, -0.25) is 43.2 Å². The first-order chi connectivity index (χ1) is 29.9. The van der Waals surface area contributed by atoms with E-state index in [0.29, 0.717) is 35.7 Å². The maximum absolute atomic E-state index is 14.8. The molecule has 2 N–H and O–H groups in total. The average molecular weight is 872 g/mol. The van der Waals surface area contributed by atoms with E-state index in [-0.39, 0.29) is 72.0 Å². The summed E-state index contributed by atoms with van der Waals surface area (Å²) in [4.78, 5) is 83.4. The van der Waals surface area contributed by atoms with Gasteiger partial charge in [-0.2, -0.15) is 0 Å². The maximum Gasteiger partial charge on any atom is 0.264 e. The number of fused-ring (bicyclic) bond motifs is 2. The van der Waals surface area contributed by atoms with E-state index in [1.165, 1.54) is 24.3 Å². The van der Waals surface area contributed by atoms with E-state index >= 15 is 0 Å². The van der Waals surface area contributed by atoms with Crippen LogP contribution in [0, 0.1) is 5.82 Å². The zero-order valence-corrected chi connectivity index (χ0v) is 36.3. The summed E-state index contributed by atoms with van der Waals surface area (Å²) in [5.41, 5.74) is 3.07. The number of carbonyl (C=O) groups is 6. The van der Waals surface area contributed by atoms with Gasteiger partial charge in [0.2, 0.25) is 17.7 Å². The Kier molecular flexibility index (Phi) is 14.2. The molecule has 0 spiro atoms. The number of nitrogens with one attached hydrogen (secondary N) is 2. The standard InChI is InChI=1S/C46H54FN5O9S/c1-4-61-39-23-29(14-16-38(39)60-2)37(27-62(3)59)52-45(57)31-11-10-12-35(42(31)46(52)58)48-40(53)13-8-6-5-7-9-20-50-21-18-28(19-22-50)32-24-30(47)25-33-34(32)26-51(44(33)56)36-15-17-41(54)49-43(36)55/h10-12,14,16,23-25,28,36-37H,4-9,13,15,17-22,26-27H2,1-3H3,(H,48,53)(H,49,54,55). The predicted octanol–water partition coefficient (Wildman–Crippen LogP) is 5.87. The number of imide groups is 2. The second kappa shape index (κ2) is 19.7. The summed E-state index contributed by atoms with van der Waals surface area (Å²) >= 11 is 0. The quantitative estimate of drug-likeness (QED) is 0.116. The van der Waals surface area contributed by atoms with E-state index < -0.39 is 46.4 Å². The summed E-state index contributed by atoms with van der Waals surface area (Å²) in [6.07, 6.45) is 8.33. The first-order valence-electron chi connectivity index (χ1n) is 21.5. The highest BCUT2D eigenvalue weighted by molar-refractivity contribution is 7.84. The van der Waals surface area contributed by atoms with Gasteiger partial charge in [0.25, 0.3) is 17.7 Å². The average Bonchev–Trinajstić information content (AvgIpc) is 3.71. The molecule has 0 bridgehead atoms. The first-order valence-corrected chi connectivity index (χ1v) is 23.2. The maximum atomic E-state index is 14.8. The molecule has 3 aromatic carbocycles. The molecule has 4 aliphatic heterocycles. The Morgan fingerprint density at radius 1 is 0.919 bits per heavy atom. The molecule has 4 aliphatic rings. The Bertz CT molecular complexity index is 2280. The van der Waals surface area contributed by atoms with Crippen molar-refractivity contribution in [3.63, 3.8) is 0 Å². The van der Waals surface area contributed by atoms with E-state index in [1.807, 2.05) is 6.92 Å². The number of likely N-dealkylation sites (tertiary alicyclic amines) is 1. The van der Waals surface area contributed by atoms with Gasteiger partial charge in [0.05, 0.1) is 36.6 Å². The molecular weight excluding hydrogens is 818 g/mol. The molecule has 0 radical (unpaired) electrons. The molecule has 0 aliphatic carbocycles. The Morgan fingerprint density at radius 2 is 1.68 bits per heavy atom. The van der Waals surface area contributed by atoms with Crippen LogP contribution in [0.4, 0.5) is 10.1 Å². The molecule has 2 saturated heterocycles. The Morgan fingerprint density at radius 3 is 2.40 bits per heavy atom. The van der Waals surface area contributed by atoms with Crippen molar-refractivity contribution in [1.29, 1.82) is 0 Å². The van der Waals surface area contributed by atoms with Crippen LogP contribution in [0.5, 0.6) is 11.5 Å². The van der Waals surface area contributed by atoms with Gasteiger partial charge >= 0.3 is 0 Å². The Hall–Kier alpha value is -5.48. The molecule has 3 unspecified atom stereocenters. The highest BCUT2D eigenvalue weighted by atomic mass is 32.2. The number of benzene rings is 3. The lowest BCUT2D eigenvalue weighted by atomic mass is 9.85. The number of piperidine rings is 2. The van der Waals surface area contributed by atoms with Gasteiger partial charge in [0.15, 0.2) is 11.5 Å². The van der Waals surface area contributed by atoms with E-state index in [1.54, 1.807) is 42.5 Å². The van der Waals surface area contributed by atoms with Crippen molar-refractivity contribution in [2.45, 2.75) is 95.7 Å². The van der Waals surface area contributed by atoms with Gasteiger partial charge in [-0.1, -0.05) is 31.4 Å². The van der Waals surface area contributed by atoms with Crippen LogP contribution < -0.4 is 20.1 Å². The highest BCUT2D eigenvalue weighted by Crippen LogP contribution is 2.40. The fourth-order valence-corrected chi connectivity index (χ4v) is 10.0. The van der Waals surface area contributed by atoms with Crippen molar-refractivity contribution in [1.82, 2.24) is 20.0 Å². The van der Waals surface area contributed by atoms with Gasteiger partial charge < -0.3 is 24.6 Å². The molecule has 62 heavy (non-hydrogen) atoms. The first kappa shape index (κ1) is 44.6. The van der Waals surface area contributed by atoms with Crippen LogP contribution in [0.3, 0.4) is 0 Å². The molecule has 4 heterocycles. The molecule has 0 saturated carbocycles. The smallest absolute Gasteiger partial charge is 0.264 e. The van der Waals surface area contributed by atoms with Gasteiger partial charge in [-0.25, -0.2) is 4.39 Å². The summed E-state index contributed by atoms with van der Waals surface area (Å²) in [7, 11) is 0.150. The minimum absolute atomic E-state index is 0.0156. The molecule has 0 aromatic heterocycles. The van der Waals surface area contributed by atoms with Crippen LogP contribution in [0.2, 0.25) is 0 Å². The third-order valence-electron chi connectivity index (χ3n) is 12.4. The minimum Gasteiger partial charge on any atom is -0.493 e. The van der Waals surface area contributed by atoms with Crippen LogP contribution >= 0.6 is 0 Å². The molecule has 16 heteroatoms. The number of unbranched alkanes of at least 4 members (excludes halogenated alkanes) is 4. The Balaban J connectivity index is 0.853. The van der Waals surface area contributed by atoms with Crippen molar-refractivity contribution in [3.05, 3.63) is 87.7 Å². The summed E-state index contributed by atoms with van der Waals surface area (Å²) in [5, 5.41) is 5.18. The Labute approximate surface area is 363 Å². The van der Waals surface area contributed by atoms with E-state index in [4.69, 9.17) is 9.47 Å². The predicted molar refractivity (Wildman–Crippen MR) is 230 cm³/mol. The van der Waals surface area contributed by atoms with Crippen LogP contribution in [-0.2, 0) is 31.7 Å². The molecule has 330 valence electrons. The van der Waals surface area contributed by atoms with Crippen molar-refractivity contribution >= 4 is 51.9 Å². The van der Waals surface area contributed by atoms with E-state index in [9.17, 15) is 37.4 Å². The molecule has 14 nitrogen and oxygen atoms in total. The summed E-state index contributed by atoms with van der Waals surface area (Å²) in [6, 6.07) is 11.1. The monoisotopic (exact) mass is 871 g/mol. The summed E-state index contributed by atoms with van der Waals surface area (Å²) < 4.78 is 38.5. The number of anilines is 1. The third-order valence-corrected chi connectivity index (χ3v) is 13.1. The van der Waals surface area contributed by atoms with Crippen LogP contribution in [0.25, 0.3) is 0 Å². The van der Waals surface area contributed by atoms with Gasteiger partial charge in [-0.05, 0) is 118 Å². The van der Waals surface area contributed by atoms with E-state index in [2.05, 4.69) is 15.5 Å². The number of methoxy groups -OCH3 is 1. The van der Waals surface area contributed by atoms with Crippen LogP contribution in [-0.4, -0.2) is 106 Å². The van der Waals surface area contributed by atoms with Gasteiger partial charge in [0, 0.05) is 47.8 Å². The third kappa shape index (κ3) is 9.60. The largest absolute Gasteiger partial charge is 0.493 e. The molecule has 6 amide bonds. The fraction of sp³-hybridized carbons (Fsp3) is 0.478. The molecule has 2 fully saturated rings. The fourth-order valence-electron chi connectivity index (χ4n) is 9.25. The summed E-state index contributed by atoms with van der Waals surface area (Å²) in [5.74, 6) is -1.95. The molecular formula is C46H54FN5O9S. The zero-order chi connectivity index (χ0) is 44.1. The van der Waals surface area contributed by atoms with Crippen molar-refractivity contribution < 1.29 is 46.8 Å². The number of amides is 6. The molecule has 3 atom stereocenters. The van der Waals surface area contributed by atoms with Crippen LogP contribution in [0.15, 0.2) is 48.5 Å². The van der Waals surface area contributed by atoms with Gasteiger partial charge in [-0.15, -0.1) is 0 Å². The topological polar surface area (TPSA) is 172 Å². The number of ether oxygens (including phenoxy) is 2. The molecule has 7 rings (SSSR count). The second-order valence-corrected chi connectivity index (χ2v) is 17.9. The van der Waals surface area contributed by atoms with Crippen LogP contribution in [0.1, 0.15) is 131 Å². The number of hydrogen-bond acceptors (Lipinski definition) is 10. The zero-order valence-electron chi connectivity index (χ0n) is 35.5. The van der Waals surface area contributed by atoms with Crippen molar-refractivity contribution in [2.24, 2.45) is 0 Å².